The van der Waals surface area contributed by atoms with Gasteiger partial charge in [-0.05, 0) is 36.4 Å². The fourth-order valence-corrected chi connectivity index (χ4v) is 3.95. The number of thioether (sulfide) groups is 1. The minimum absolute atomic E-state index is 0.0919. The summed E-state index contributed by atoms with van der Waals surface area (Å²) in [6.07, 6.45) is 4.50. The first-order valence-electron chi connectivity index (χ1n) is 9.41. The normalized spacial score (nSPS) is 11.2. The number of hydrogen-bond donors (Lipinski definition) is 1. The van der Waals surface area contributed by atoms with E-state index in [9.17, 15) is 9.59 Å². The standard InChI is InChI=1S/C22H22N4O2S/c1-25-22(28)21-18(13-24-25)17-5-3-4-6-19(17)26(21)14-20(27)23-12-11-15-7-9-16(29-2)10-8-15/h3-10,13H,11-12,14H2,1-2H3,(H,23,27). The van der Waals surface area contributed by atoms with Gasteiger partial charge in [-0.25, -0.2) is 4.68 Å². The maximum absolute atomic E-state index is 12.7. The summed E-state index contributed by atoms with van der Waals surface area (Å²) in [6.45, 7) is 0.642. The molecule has 0 spiro atoms. The van der Waals surface area contributed by atoms with Crippen molar-refractivity contribution in [3.8, 4) is 0 Å². The molecule has 0 unspecified atom stereocenters. The van der Waals surface area contributed by atoms with Gasteiger partial charge in [-0.3, -0.25) is 9.59 Å². The minimum atomic E-state index is -0.208. The summed E-state index contributed by atoms with van der Waals surface area (Å²) in [7, 11) is 1.62. The van der Waals surface area contributed by atoms with Gasteiger partial charge in [0, 0.05) is 34.8 Å². The molecule has 0 fully saturated rings. The molecule has 0 bridgehead atoms. The van der Waals surface area contributed by atoms with Gasteiger partial charge in [0.1, 0.15) is 12.1 Å². The monoisotopic (exact) mass is 406 g/mol. The van der Waals surface area contributed by atoms with Crippen LogP contribution in [0.1, 0.15) is 5.56 Å². The summed E-state index contributed by atoms with van der Waals surface area (Å²) in [5, 5.41) is 8.80. The number of benzene rings is 2. The Bertz CT molecular complexity index is 1240. The Labute approximate surface area is 172 Å². The van der Waals surface area contributed by atoms with Gasteiger partial charge in [0.2, 0.25) is 5.91 Å². The van der Waals surface area contributed by atoms with Crippen molar-refractivity contribution in [2.45, 2.75) is 17.9 Å². The highest BCUT2D eigenvalue weighted by Crippen LogP contribution is 2.26. The van der Waals surface area contributed by atoms with Gasteiger partial charge in [0.05, 0.1) is 6.20 Å². The molecule has 1 N–H and O–H groups in total. The molecule has 4 rings (SSSR count). The third-order valence-corrected chi connectivity index (χ3v) is 5.81. The Morgan fingerprint density at radius 2 is 1.86 bits per heavy atom. The number of carbonyl (C=O) groups excluding carboxylic acids is 1. The fourth-order valence-electron chi connectivity index (χ4n) is 3.54. The van der Waals surface area contributed by atoms with Crippen LogP contribution in [0.15, 0.2) is 64.4 Å². The van der Waals surface area contributed by atoms with E-state index in [1.54, 1.807) is 29.6 Å². The quantitative estimate of drug-likeness (QED) is 0.500. The van der Waals surface area contributed by atoms with Gasteiger partial charge < -0.3 is 9.88 Å². The minimum Gasteiger partial charge on any atom is -0.354 e. The summed E-state index contributed by atoms with van der Waals surface area (Å²) >= 11 is 1.71. The number of rotatable bonds is 6. The molecule has 148 valence electrons. The summed E-state index contributed by atoms with van der Waals surface area (Å²) in [6, 6.07) is 16.1. The molecule has 4 aromatic rings. The second kappa shape index (κ2) is 8.13. The van der Waals surface area contributed by atoms with Crippen LogP contribution in [0.5, 0.6) is 0 Å². The van der Waals surface area contributed by atoms with Crippen molar-refractivity contribution in [2.75, 3.05) is 12.8 Å². The Morgan fingerprint density at radius 3 is 2.62 bits per heavy atom. The van der Waals surface area contributed by atoms with E-state index >= 15 is 0 Å². The summed E-state index contributed by atoms with van der Waals surface area (Å²) < 4.78 is 3.09. The number of aryl methyl sites for hydroxylation is 1. The summed E-state index contributed by atoms with van der Waals surface area (Å²) in [5.41, 5.74) is 2.34. The molecule has 6 nitrogen and oxygen atoms in total. The van der Waals surface area contributed by atoms with Gasteiger partial charge in [0.25, 0.3) is 5.56 Å². The largest absolute Gasteiger partial charge is 0.354 e. The molecule has 0 aliphatic carbocycles. The predicted octanol–water partition coefficient (Wildman–Crippen LogP) is 2.97. The zero-order valence-electron chi connectivity index (χ0n) is 16.4. The SMILES string of the molecule is CSc1ccc(CCNC(=O)Cn2c3ccccc3c3cnn(C)c(=O)c32)cc1. The molecule has 7 heteroatoms. The molecule has 1 amide bonds. The number of para-hydroxylation sites is 1. The summed E-state index contributed by atoms with van der Waals surface area (Å²) in [5.74, 6) is -0.118. The highest BCUT2D eigenvalue weighted by Gasteiger charge is 2.16. The number of nitrogens with one attached hydrogen (secondary N) is 1. The molecule has 2 aromatic carbocycles. The smallest absolute Gasteiger partial charge is 0.291 e. The van der Waals surface area contributed by atoms with Crippen molar-refractivity contribution in [1.29, 1.82) is 0 Å². The van der Waals surface area contributed by atoms with E-state index in [1.807, 2.05) is 30.5 Å². The molecule has 0 saturated carbocycles. The van der Waals surface area contributed by atoms with Crippen LogP contribution in [0.25, 0.3) is 21.8 Å². The third kappa shape index (κ3) is 3.78. The second-order valence-electron chi connectivity index (χ2n) is 6.89. The zero-order valence-corrected chi connectivity index (χ0v) is 17.2. The van der Waals surface area contributed by atoms with Gasteiger partial charge in [0.15, 0.2) is 0 Å². The number of nitrogens with zero attached hydrogens (tertiary/aromatic N) is 3. The maximum Gasteiger partial charge on any atom is 0.291 e. The fraction of sp³-hybridized carbons (Fsp3) is 0.227. The van der Waals surface area contributed by atoms with Crippen LogP contribution in [0.3, 0.4) is 0 Å². The molecule has 0 aliphatic rings. The van der Waals surface area contributed by atoms with Gasteiger partial charge in [-0.15, -0.1) is 11.8 Å². The Morgan fingerprint density at radius 1 is 1.10 bits per heavy atom. The number of carbonyl (C=O) groups is 1. The number of aromatic nitrogens is 3. The van der Waals surface area contributed by atoms with Crippen LogP contribution < -0.4 is 10.9 Å². The first-order chi connectivity index (χ1) is 14.1. The first kappa shape index (κ1) is 19.3. The van der Waals surface area contributed by atoms with Crippen molar-refractivity contribution in [2.24, 2.45) is 7.05 Å². The average Bonchev–Trinajstić information content (AvgIpc) is 3.05. The molecular formula is C22H22N4O2S. The lowest BCUT2D eigenvalue weighted by molar-refractivity contribution is -0.121. The van der Waals surface area contributed by atoms with Gasteiger partial charge in [-0.2, -0.15) is 5.10 Å². The molecular weight excluding hydrogens is 384 g/mol. The number of fused-ring (bicyclic) bond motifs is 3. The van der Waals surface area contributed by atoms with Gasteiger partial charge >= 0.3 is 0 Å². The molecule has 2 heterocycles. The lowest BCUT2D eigenvalue weighted by Crippen LogP contribution is -2.30. The molecule has 0 saturated heterocycles. The topological polar surface area (TPSA) is 68.9 Å². The van der Waals surface area contributed by atoms with Crippen LogP contribution in [0, 0.1) is 0 Å². The van der Waals surface area contributed by atoms with E-state index in [0.29, 0.717) is 12.1 Å². The van der Waals surface area contributed by atoms with E-state index in [1.165, 1.54) is 15.1 Å². The average molecular weight is 407 g/mol. The first-order valence-corrected chi connectivity index (χ1v) is 10.6. The summed E-state index contributed by atoms with van der Waals surface area (Å²) in [4.78, 5) is 26.5. The Balaban J connectivity index is 1.54. The lowest BCUT2D eigenvalue weighted by Gasteiger charge is -2.09. The van der Waals surface area contributed by atoms with Crippen molar-refractivity contribution in [1.82, 2.24) is 19.7 Å². The van der Waals surface area contributed by atoms with Crippen molar-refractivity contribution < 1.29 is 4.79 Å². The van der Waals surface area contributed by atoms with Crippen LogP contribution in [-0.2, 0) is 24.8 Å². The highest BCUT2D eigenvalue weighted by molar-refractivity contribution is 7.98. The lowest BCUT2D eigenvalue weighted by atomic mass is 10.1. The number of amides is 1. The van der Waals surface area contributed by atoms with Crippen LogP contribution >= 0.6 is 11.8 Å². The molecule has 0 radical (unpaired) electrons. The second-order valence-corrected chi connectivity index (χ2v) is 7.77. The van der Waals surface area contributed by atoms with Crippen LogP contribution in [0.4, 0.5) is 0 Å². The van der Waals surface area contributed by atoms with Crippen molar-refractivity contribution >= 4 is 39.5 Å². The van der Waals surface area contributed by atoms with Crippen LogP contribution in [-0.4, -0.2) is 33.1 Å². The maximum atomic E-state index is 12.7. The van der Waals surface area contributed by atoms with E-state index in [4.69, 9.17) is 0 Å². The number of hydrogen-bond acceptors (Lipinski definition) is 4. The molecule has 2 aromatic heterocycles. The van der Waals surface area contributed by atoms with Crippen LogP contribution in [0.2, 0.25) is 0 Å². The Hall–Kier alpha value is -3.06. The van der Waals surface area contributed by atoms with Crippen molar-refractivity contribution in [3.05, 3.63) is 70.6 Å². The third-order valence-electron chi connectivity index (χ3n) is 5.06. The van der Waals surface area contributed by atoms with E-state index in [-0.39, 0.29) is 18.0 Å². The molecule has 0 aliphatic heterocycles. The van der Waals surface area contributed by atoms with E-state index < -0.39 is 0 Å². The highest BCUT2D eigenvalue weighted by atomic mass is 32.2. The molecule has 0 atom stereocenters. The van der Waals surface area contributed by atoms with Crippen molar-refractivity contribution in [3.63, 3.8) is 0 Å². The van der Waals surface area contributed by atoms with E-state index in [0.717, 1.165) is 22.7 Å². The molecule has 29 heavy (non-hydrogen) atoms. The Kier molecular flexibility index (Phi) is 5.40. The van der Waals surface area contributed by atoms with Gasteiger partial charge in [-0.1, -0.05) is 30.3 Å². The zero-order chi connectivity index (χ0) is 20.4. The van der Waals surface area contributed by atoms with E-state index in [2.05, 4.69) is 34.7 Å². The predicted molar refractivity (Wildman–Crippen MR) is 117 cm³/mol.